The van der Waals surface area contributed by atoms with Crippen LogP contribution >= 0.6 is 0 Å². The first-order valence-corrected chi connectivity index (χ1v) is 7.29. The average molecular weight is 276 g/mol. The number of fused-ring (bicyclic) bond motifs is 2. The highest BCUT2D eigenvalue weighted by Crippen LogP contribution is 2.66. The molecule has 3 rings (SSSR count). The van der Waals surface area contributed by atoms with Gasteiger partial charge in [0.25, 0.3) is 0 Å². The van der Waals surface area contributed by atoms with Crippen LogP contribution in [-0.4, -0.2) is 12.4 Å². The molecule has 2 aliphatic rings. The van der Waals surface area contributed by atoms with Gasteiger partial charge in [-0.05, 0) is 42.7 Å². The Labute approximate surface area is 119 Å². The largest absolute Gasteiger partial charge is 0.490 e. The lowest BCUT2D eigenvalue weighted by Crippen LogP contribution is -2.38. The van der Waals surface area contributed by atoms with Gasteiger partial charge in [-0.15, -0.1) is 0 Å². The van der Waals surface area contributed by atoms with Crippen molar-refractivity contribution >= 4 is 6.29 Å². The molecule has 2 fully saturated rings. The van der Waals surface area contributed by atoms with Gasteiger partial charge in [0.15, 0.2) is 0 Å². The van der Waals surface area contributed by atoms with E-state index in [1.807, 2.05) is 0 Å². The number of aldehydes is 1. The third-order valence-corrected chi connectivity index (χ3v) is 6.02. The fourth-order valence-corrected chi connectivity index (χ4v) is 4.19. The molecule has 20 heavy (non-hydrogen) atoms. The van der Waals surface area contributed by atoms with Crippen LogP contribution in [0.15, 0.2) is 18.2 Å². The summed E-state index contributed by atoms with van der Waals surface area (Å²) in [5, 5.41) is 0. The van der Waals surface area contributed by atoms with E-state index in [-0.39, 0.29) is 16.9 Å². The molecule has 1 aromatic rings. The van der Waals surface area contributed by atoms with Crippen LogP contribution in [0.5, 0.6) is 5.75 Å². The standard InChI is InChI=1S/C17H21FO2/c1-16(2)12-4-5-17(16,3)15(8-12)20-14-7-11(10-19)6-13(18)9-14/h6-7,9-10,12,15H,4-5,8H2,1-3H3. The molecule has 3 heteroatoms. The number of carbonyl (C=O) groups excluding carboxylic acids is 1. The first-order valence-electron chi connectivity index (χ1n) is 7.29. The van der Waals surface area contributed by atoms with E-state index in [0.717, 1.165) is 12.8 Å². The van der Waals surface area contributed by atoms with Crippen molar-refractivity contribution in [1.82, 2.24) is 0 Å². The second-order valence-corrected chi connectivity index (χ2v) is 7.06. The molecule has 2 saturated carbocycles. The first-order chi connectivity index (χ1) is 9.36. The number of carbonyl (C=O) groups is 1. The normalized spacial score (nSPS) is 34.2. The van der Waals surface area contributed by atoms with E-state index >= 15 is 0 Å². The summed E-state index contributed by atoms with van der Waals surface area (Å²) in [5.74, 6) is 0.732. The highest BCUT2D eigenvalue weighted by atomic mass is 19.1. The van der Waals surface area contributed by atoms with Gasteiger partial charge in [-0.2, -0.15) is 0 Å². The summed E-state index contributed by atoms with van der Waals surface area (Å²) in [6, 6.07) is 4.22. The van der Waals surface area contributed by atoms with Crippen LogP contribution in [-0.2, 0) is 0 Å². The van der Waals surface area contributed by atoms with E-state index < -0.39 is 5.82 Å². The summed E-state index contributed by atoms with van der Waals surface area (Å²) in [4.78, 5) is 10.8. The molecule has 2 nitrogen and oxygen atoms in total. The number of hydrogen-bond acceptors (Lipinski definition) is 2. The van der Waals surface area contributed by atoms with Gasteiger partial charge in [0.2, 0.25) is 0 Å². The van der Waals surface area contributed by atoms with Crippen molar-refractivity contribution in [1.29, 1.82) is 0 Å². The first kappa shape index (κ1) is 13.6. The summed E-state index contributed by atoms with van der Waals surface area (Å²) in [6.45, 7) is 6.91. The third kappa shape index (κ3) is 1.79. The molecular formula is C17H21FO2. The van der Waals surface area contributed by atoms with Crippen LogP contribution in [0.3, 0.4) is 0 Å². The molecule has 0 saturated heterocycles. The molecule has 0 heterocycles. The SMILES string of the molecule is CC1(C)C2CCC1(C)C(Oc1cc(F)cc(C=O)c1)C2. The average Bonchev–Trinajstić information content (AvgIpc) is 2.71. The monoisotopic (exact) mass is 276 g/mol. The molecular weight excluding hydrogens is 255 g/mol. The van der Waals surface area contributed by atoms with E-state index in [2.05, 4.69) is 20.8 Å². The zero-order valence-electron chi connectivity index (χ0n) is 12.3. The van der Waals surface area contributed by atoms with Crippen LogP contribution < -0.4 is 4.74 Å². The van der Waals surface area contributed by atoms with Gasteiger partial charge in [-0.1, -0.05) is 20.8 Å². The van der Waals surface area contributed by atoms with Crippen molar-refractivity contribution in [3.8, 4) is 5.75 Å². The molecule has 0 aliphatic heterocycles. The summed E-state index contributed by atoms with van der Waals surface area (Å²) < 4.78 is 19.6. The highest BCUT2D eigenvalue weighted by molar-refractivity contribution is 5.75. The predicted molar refractivity (Wildman–Crippen MR) is 75.4 cm³/mol. The molecule has 1 aromatic carbocycles. The lowest BCUT2D eigenvalue weighted by atomic mass is 9.70. The molecule has 0 N–H and O–H groups in total. The summed E-state index contributed by atoms with van der Waals surface area (Å²) >= 11 is 0. The number of ether oxygens (including phenoxy) is 1. The second kappa shape index (κ2) is 4.31. The van der Waals surface area contributed by atoms with Gasteiger partial charge in [-0.3, -0.25) is 4.79 Å². The molecule has 0 radical (unpaired) electrons. The van der Waals surface area contributed by atoms with Gasteiger partial charge in [-0.25, -0.2) is 4.39 Å². The van der Waals surface area contributed by atoms with E-state index in [4.69, 9.17) is 4.74 Å². The van der Waals surface area contributed by atoms with Crippen LogP contribution in [0.4, 0.5) is 4.39 Å². The smallest absolute Gasteiger partial charge is 0.150 e. The van der Waals surface area contributed by atoms with Gasteiger partial charge in [0, 0.05) is 17.0 Å². The molecule has 0 aromatic heterocycles. The van der Waals surface area contributed by atoms with Crippen molar-refractivity contribution in [2.45, 2.75) is 46.1 Å². The Balaban J connectivity index is 1.86. The zero-order chi connectivity index (χ0) is 14.5. The van der Waals surface area contributed by atoms with E-state index in [0.29, 0.717) is 23.5 Å². The minimum Gasteiger partial charge on any atom is -0.490 e. The number of rotatable bonds is 3. The van der Waals surface area contributed by atoms with Gasteiger partial charge in [0.05, 0.1) is 0 Å². The maximum atomic E-state index is 13.5. The summed E-state index contributed by atoms with van der Waals surface area (Å²) in [6.07, 6.45) is 4.20. The molecule has 108 valence electrons. The number of benzene rings is 1. The van der Waals surface area contributed by atoms with Gasteiger partial charge < -0.3 is 4.74 Å². The quantitative estimate of drug-likeness (QED) is 0.772. The fourth-order valence-electron chi connectivity index (χ4n) is 4.19. The van der Waals surface area contributed by atoms with Crippen molar-refractivity contribution in [2.24, 2.45) is 16.7 Å². The third-order valence-electron chi connectivity index (χ3n) is 6.02. The topological polar surface area (TPSA) is 26.3 Å². The number of halogens is 1. The minimum absolute atomic E-state index is 0.109. The Morgan fingerprint density at radius 2 is 2.05 bits per heavy atom. The Morgan fingerprint density at radius 1 is 1.30 bits per heavy atom. The molecule has 2 bridgehead atoms. The number of hydrogen-bond donors (Lipinski definition) is 0. The molecule has 3 unspecified atom stereocenters. The second-order valence-electron chi connectivity index (χ2n) is 7.06. The van der Waals surface area contributed by atoms with Crippen LogP contribution in [0.1, 0.15) is 50.4 Å². The summed E-state index contributed by atoms with van der Waals surface area (Å²) in [5.41, 5.74) is 0.719. The fraction of sp³-hybridized carbons (Fsp3) is 0.588. The lowest BCUT2D eigenvalue weighted by Gasteiger charge is -2.38. The molecule has 0 spiro atoms. The van der Waals surface area contributed by atoms with E-state index in [1.165, 1.54) is 18.6 Å². The zero-order valence-corrected chi connectivity index (χ0v) is 12.3. The lowest BCUT2D eigenvalue weighted by molar-refractivity contribution is 0.0299. The van der Waals surface area contributed by atoms with E-state index in [1.54, 1.807) is 6.07 Å². The maximum absolute atomic E-state index is 13.5. The van der Waals surface area contributed by atoms with Crippen molar-refractivity contribution in [3.05, 3.63) is 29.6 Å². The Bertz CT molecular complexity index is 552. The van der Waals surface area contributed by atoms with Crippen molar-refractivity contribution < 1.29 is 13.9 Å². The minimum atomic E-state index is -0.419. The van der Waals surface area contributed by atoms with Crippen LogP contribution in [0.2, 0.25) is 0 Å². The predicted octanol–water partition coefficient (Wildman–Crippen LogP) is 4.23. The van der Waals surface area contributed by atoms with Crippen molar-refractivity contribution in [2.75, 3.05) is 0 Å². The summed E-state index contributed by atoms with van der Waals surface area (Å²) in [7, 11) is 0. The van der Waals surface area contributed by atoms with Crippen LogP contribution in [0, 0.1) is 22.6 Å². The van der Waals surface area contributed by atoms with Gasteiger partial charge in [0.1, 0.15) is 24.0 Å². The maximum Gasteiger partial charge on any atom is 0.150 e. The van der Waals surface area contributed by atoms with E-state index in [9.17, 15) is 9.18 Å². The Kier molecular flexibility index (Phi) is 2.93. The molecule has 0 amide bonds. The Morgan fingerprint density at radius 3 is 2.60 bits per heavy atom. The van der Waals surface area contributed by atoms with Crippen molar-refractivity contribution in [3.63, 3.8) is 0 Å². The molecule has 2 aliphatic carbocycles. The van der Waals surface area contributed by atoms with Gasteiger partial charge >= 0.3 is 0 Å². The highest BCUT2D eigenvalue weighted by Gasteiger charge is 2.62. The van der Waals surface area contributed by atoms with Crippen LogP contribution in [0.25, 0.3) is 0 Å². The Hall–Kier alpha value is -1.38. The molecule has 3 atom stereocenters.